The van der Waals surface area contributed by atoms with Crippen LogP contribution in [0.25, 0.3) is 17.0 Å². The van der Waals surface area contributed by atoms with E-state index in [2.05, 4.69) is 15.6 Å². The fourth-order valence-corrected chi connectivity index (χ4v) is 3.80. The molecule has 0 aliphatic rings. The zero-order chi connectivity index (χ0) is 24.6. The predicted molar refractivity (Wildman–Crippen MR) is 136 cm³/mol. The monoisotopic (exact) mass is 469 g/mol. The minimum absolute atomic E-state index is 0.130. The van der Waals surface area contributed by atoms with Crippen LogP contribution in [0, 0.1) is 0 Å². The maximum Gasteiger partial charge on any atom is 0.267 e. The molecule has 0 saturated carbocycles. The first-order chi connectivity index (χ1) is 17.1. The Hall–Kier alpha value is -4.52. The lowest BCUT2D eigenvalue weighted by molar-refractivity contribution is -0.117. The summed E-state index contributed by atoms with van der Waals surface area (Å²) in [5.41, 5.74) is 3.43. The summed E-state index contributed by atoms with van der Waals surface area (Å²) in [6, 6.07) is 22.1. The number of aromatic nitrogens is 1. The Morgan fingerprint density at radius 3 is 2.43 bits per heavy atom. The molecule has 4 aromatic rings. The molecule has 7 nitrogen and oxygen atoms in total. The van der Waals surface area contributed by atoms with E-state index in [1.807, 2.05) is 36.5 Å². The Balaban J connectivity index is 1.53. The number of carbonyl (C=O) groups is 2. The average molecular weight is 470 g/mol. The normalized spacial score (nSPS) is 11.2. The summed E-state index contributed by atoms with van der Waals surface area (Å²) < 4.78 is 10.7. The first-order valence-corrected chi connectivity index (χ1v) is 11.2. The Morgan fingerprint density at radius 2 is 1.66 bits per heavy atom. The molecule has 0 spiro atoms. The van der Waals surface area contributed by atoms with Crippen molar-refractivity contribution in [1.29, 1.82) is 0 Å². The summed E-state index contributed by atoms with van der Waals surface area (Å²) in [7, 11) is 3.10. The SMILES string of the molecule is COc1ccc(/C=C(/NC(=O)c2ccccc2)C(=O)NCCc2c[nH]c3ccccc23)cc1OC. The van der Waals surface area contributed by atoms with E-state index in [9.17, 15) is 9.59 Å². The van der Waals surface area contributed by atoms with Gasteiger partial charge in [0.15, 0.2) is 11.5 Å². The van der Waals surface area contributed by atoms with Crippen molar-refractivity contribution >= 4 is 28.8 Å². The molecule has 1 aromatic heterocycles. The predicted octanol–water partition coefficient (Wildman–Crippen LogP) is 4.31. The van der Waals surface area contributed by atoms with Crippen molar-refractivity contribution in [2.75, 3.05) is 20.8 Å². The van der Waals surface area contributed by atoms with Crippen LogP contribution in [0.4, 0.5) is 0 Å². The van der Waals surface area contributed by atoms with E-state index in [-0.39, 0.29) is 17.5 Å². The van der Waals surface area contributed by atoms with Crippen LogP contribution < -0.4 is 20.1 Å². The number of amides is 2. The van der Waals surface area contributed by atoms with Gasteiger partial charge in [-0.3, -0.25) is 9.59 Å². The lowest BCUT2D eigenvalue weighted by atomic mass is 10.1. The molecule has 178 valence electrons. The summed E-state index contributed by atoms with van der Waals surface area (Å²) in [4.78, 5) is 29.2. The van der Waals surface area contributed by atoms with E-state index in [1.165, 1.54) is 0 Å². The lowest BCUT2D eigenvalue weighted by Gasteiger charge is -2.12. The molecule has 4 rings (SSSR count). The van der Waals surface area contributed by atoms with Crippen molar-refractivity contribution in [3.05, 3.63) is 101 Å². The van der Waals surface area contributed by atoms with Gasteiger partial charge in [0, 0.05) is 29.2 Å². The molecule has 0 fully saturated rings. The van der Waals surface area contributed by atoms with Crippen LogP contribution in [0.5, 0.6) is 11.5 Å². The molecular weight excluding hydrogens is 442 g/mol. The second kappa shape index (κ2) is 11.1. The minimum atomic E-state index is -0.385. The molecule has 0 unspecified atom stereocenters. The largest absolute Gasteiger partial charge is 0.493 e. The van der Waals surface area contributed by atoms with E-state index in [4.69, 9.17) is 9.47 Å². The van der Waals surface area contributed by atoms with Crippen molar-refractivity contribution in [3.63, 3.8) is 0 Å². The topological polar surface area (TPSA) is 92.5 Å². The number of aromatic amines is 1. The Morgan fingerprint density at radius 1 is 0.914 bits per heavy atom. The summed E-state index contributed by atoms with van der Waals surface area (Å²) in [6.07, 6.45) is 4.21. The second-order valence-corrected chi connectivity index (χ2v) is 7.86. The van der Waals surface area contributed by atoms with Crippen LogP contribution in [0.1, 0.15) is 21.5 Å². The minimum Gasteiger partial charge on any atom is -0.493 e. The molecule has 35 heavy (non-hydrogen) atoms. The molecule has 0 aliphatic carbocycles. The van der Waals surface area contributed by atoms with Crippen molar-refractivity contribution < 1.29 is 19.1 Å². The highest BCUT2D eigenvalue weighted by Gasteiger charge is 2.15. The number of methoxy groups -OCH3 is 2. The Kier molecular flexibility index (Phi) is 7.47. The molecule has 0 radical (unpaired) electrons. The van der Waals surface area contributed by atoms with Crippen molar-refractivity contribution in [2.24, 2.45) is 0 Å². The molecular formula is C28H27N3O4. The van der Waals surface area contributed by atoms with Gasteiger partial charge in [-0.1, -0.05) is 42.5 Å². The highest BCUT2D eigenvalue weighted by atomic mass is 16.5. The van der Waals surface area contributed by atoms with E-state index in [1.54, 1.807) is 62.8 Å². The number of carbonyl (C=O) groups excluding carboxylic acids is 2. The molecule has 3 aromatic carbocycles. The third kappa shape index (κ3) is 5.70. The van der Waals surface area contributed by atoms with Crippen LogP contribution in [0.3, 0.4) is 0 Å². The first-order valence-electron chi connectivity index (χ1n) is 11.2. The highest BCUT2D eigenvalue weighted by Crippen LogP contribution is 2.28. The number of nitrogens with one attached hydrogen (secondary N) is 3. The second-order valence-electron chi connectivity index (χ2n) is 7.86. The maximum atomic E-state index is 13.1. The Bertz CT molecular complexity index is 1360. The van der Waals surface area contributed by atoms with Gasteiger partial charge >= 0.3 is 0 Å². The number of hydrogen-bond donors (Lipinski definition) is 3. The van der Waals surface area contributed by atoms with Gasteiger partial charge in [0.1, 0.15) is 5.70 Å². The van der Waals surface area contributed by atoms with Gasteiger partial charge in [-0.05, 0) is 54.0 Å². The smallest absolute Gasteiger partial charge is 0.267 e. The molecule has 0 saturated heterocycles. The third-order valence-electron chi connectivity index (χ3n) is 5.60. The molecule has 0 bridgehead atoms. The van der Waals surface area contributed by atoms with Crippen LogP contribution in [0.15, 0.2) is 84.7 Å². The maximum absolute atomic E-state index is 13.1. The zero-order valence-electron chi connectivity index (χ0n) is 19.6. The number of ether oxygens (including phenoxy) is 2. The number of hydrogen-bond acceptors (Lipinski definition) is 4. The number of para-hydroxylation sites is 1. The Labute approximate surface area is 203 Å². The highest BCUT2D eigenvalue weighted by molar-refractivity contribution is 6.05. The molecule has 2 amide bonds. The molecule has 0 aliphatic heterocycles. The van der Waals surface area contributed by atoms with Gasteiger partial charge < -0.3 is 25.1 Å². The van der Waals surface area contributed by atoms with Crippen molar-refractivity contribution in [3.8, 4) is 11.5 Å². The van der Waals surface area contributed by atoms with Crippen molar-refractivity contribution in [2.45, 2.75) is 6.42 Å². The molecule has 7 heteroatoms. The van der Waals surface area contributed by atoms with Gasteiger partial charge in [0.05, 0.1) is 14.2 Å². The van der Waals surface area contributed by atoms with Gasteiger partial charge in [-0.25, -0.2) is 0 Å². The van der Waals surface area contributed by atoms with Gasteiger partial charge in [-0.2, -0.15) is 0 Å². The zero-order valence-corrected chi connectivity index (χ0v) is 19.6. The van der Waals surface area contributed by atoms with Crippen LogP contribution in [0.2, 0.25) is 0 Å². The third-order valence-corrected chi connectivity index (χ3v) is 5.60. The fourth-order valence-electron chi connectivity index (χ4n) is 3.80. The number of fused-ring (bicyclic) bond motifs is 1. The van der Waals surface area contributed by atoms with Crippen LogP contribution in [-0.4, -0.2) is 37.6 Å². The van der Waals surface area contributed by atoms with Crippen LogP contribution in [-0.2, 0) is 11.2 Å². The quantitative estimate of drug-likeness (QED) is 0.319. The summed E-state index contributed by atoms with van der Waals surface area (Å²) in [6.45, 7) is 0.408. The standard InChI is InChI=1S/C28H27N3O4/c1-34-25-13-12-19(17-26(25)35-2)16-24(31-27(32)20-8-4-3-5-9-20)28(33)29-15-14-21-18-30-23-11-7-6-10-22(21)23/h3-13,16-18,30H,14-15H2,1-2H3,(H,29,33)(H,31,32)/b24-16+. The molecule has 0 atom stereocenters. The fraction of sp³-hybridized carbons (Fsp3) is 0.143. The van der Waals surface area contributed by atoms with Gasteiger partial charge in [-0.15, -0.1) is 0 Å². The summed E-state index contributed by atoms with van der Waals surface area (Å²) in [5, 5.41) is 6.80. The lowest BCUT2D eigenvalue weighted by Crippen LogP contribution is -2.35. The van der Waals surface area contributed by atoms with E-state index in [0.29, 0.717) is 35.6 Å². The molecule has 1 heterocycles. The first kappa shape index (κ1) is 23.6. The number of rotatable bonds is 9. The number of H-pyrrole nitrogens is 1. The van der Waals surface area contributed by atoms with E-state index in [0.717, 1.165) is 16.5 Å². The summed E-state index contributed by atoms with van der Waals surface area (Å²) >= 11 is 0. The summed E-state index contributed by atoms with van der Waals surface area (Å²) in [5.74, 6) is 0.338. The van der Waals surface area contributed by atoms with Gasteiger partial charge in [0.2, 0.25) is 0 Å². The average Bonchev–Trinajstić information content (AvgIpc) is 3.31. The molecule has 3 N–H and O–H groups in total. The van der Waals surface area contributed by atoms with Gasteiger partial charge in [0.25, 0.3) is 11.8 Å². The van der Waals surface area contributed by atoms with Crippen LogP contribution >= 0.6 is 0 Å². The number of benzene rings is 3. The van der Waals surface area contributed by atoms with E-state index >= 15 is 0 Å². The van der Waals surface area contributed by atoms with E-state index < -0.39 is 0 Å². The van der Waals surface area contributed by atoms with Crippen molar-refractivity contribution in [1.82, 2.24) is 15.6 Å².